The van der Waals surface area contributed by atoms with Crippen molar-refractivity contribution in [1.82, 2.24) is 4.98 Å². The Morgan fingerprint density at radius 2 is 2.10 bits per heavy atom. The maximum atomic E-state index is 14.0. The number of alkyl halides is 2. The second kappa shape index (κ2) is 4.37. The number of aromatic nitrogens is 1. The Morgan fingerprint density at radius 3 is 2.80 bits per heavy atom. The smallest absolute Gasteiger partial charge is 0.292 e. The summed E-state index contributed by atoms with van der Waals surface area (Å²) in [4.78, 5) is 17.4. The van der Waals surface area contributed by atoms with Crippen molar-refractivity contribution in [3.8, 4) is 0 Å². The summed E-state index contributed by atoms with van der Waals surface area (Å²) in [6, 6.07) is 9.47. The molecule has 2 heterocycles. The molecule has 2 aromatic rings. The second-order valence-corrected chi connectivity index (χ2v) is 4.83. The van der Waals surface area contributed by atoms with Gasteiger partial charge < -0.3 is 4.90 Å². The number of hydrogen-bond acceptors (Lipinski definition) is 2. The van der Waals surface area contributed by atoms with E-state index in [9.17, 15) is 13.6 Å². The summed E-state index contributed by atoms with van der Waals surface area (Å²) >= 11 is 0. The number of amides is 1. The predicted molar refractivity (Wildman–Crippen MR) is 71.0 cm³/mol. The van der Waals surface area contributed by atoms with Crippen LogP contribution in [0.4, 0.5) is 14.5 Å². The van der Waals surface area contributed by atoms with Gasteiger partial charge in [0.25, 0.3) is 11.8 Å². The Bertz CT molecular complexity index is 671. The van der Waals surface area contributed by atoms with Crippen LogP contribution >= 0.6 is 0 Å². The minimum absolute atomic E-state index is 0.104. The van der Waals surface area contributed by atoms with Crippen LogP contribution in [0, 0.1) is 6.92 Å². The highest BCUT2D eigenvalue weighted by Gasteiger charge is 2.46. The van der Waals surface area contributed by atoms with E-state index in [1.807, 2.05) is 0 Å². The van der Waals surface area contributed by atoms with Gasteiger partial charge in [-0.15, -0.1) is 0 Å². The van der Waals surface area contributed by atoms with Crippen LogP contribution in [0.2, 0.25) is 0 Å². The molecule has 0 N–H and O–H groups in total. The first-order valence-electron chi connectivity index (χ1n) is 6.21. The van der Waals surface area contributed by atoms with Crippen molar-refractivity contribution in [3.05, 3.63) is 59.4 Å². The molecule has 0 atom stereocenters. The number of carbonyl (C=O) groups excluding carboxylic acids is 1. The van der Waals surface area contributed by atoms with Gasteiger partial charge >= 0.3 is 0 Å². The van der Waals surface area contributed by atoms with Crippen molar-refractivity contribution in [2.45, 2.75) is 12.8 Å². The summed E-state index contributed by atoms with van der Waals surface area (Å²) in [5.41, 5.74) is 1.16. The fourth-order valence-corrected chi connectivity index (χ4v) is 2.35. The van der Waals surface area contributed by atoms with Gasteiger partial charge in [-0.05, 0) is 30.7 Å². The van der Waals surface area contributed by atoms with Crippen molar-refractivity contribution in [2.75, 3.05) is 11.4 Å². The van der Waals surface area contributed by atoms with E-state index in [1.165, 1.54) is 18.3 Å². The zero-order chi connectivity index (χ0) is 14.3. The van der Waals surface area contributed by atoms with E-state index in [2.05, 4.69) is 4.98 Å². The molecule has 102 valence electrons. The summed E-state index contributed by atoms with van der Waals surface area (Å²) in [5.74, 6) is -3.53. The molecule has 1 aliphatic heterocycles. The number of fused-ring (bicyclic) bond motifs is 1. The average Bonchev–Trinajstić information content (AvgIpc) is 2.70. The van der Waals surface area contributed by atoms with E-state index in [0.717, 1.165) is 10.5 Å². The van der Waals surface area contributed by atoms with Gasteiger partial charge in [0.2, 0.25) is 0 Å². The summed E-state index contributed by atoms with van der Waals surface area (Å²) in [6.45, 7) is 1.17. The number of nitrogens with zero attached hydrogens (tertiary/aromatic N) is 2. The number of aryl methyl sites for hydroxylation is 1. The number of benzene rings is 1. The van der Waals surface area contributed by atoms with Gasteiger partial charge in [-0.3, -0.25) is 9.78 Å². The molecule has 1 aromatic carbocycles. The molecule has 0 spiro atoms. The molecule has 0 aliphatic carbocycles. The molecule has 0 fully saturated rings. The lowest BCUT2D eigenvalue weighted by atomic mass is 10.1. The van der Waals surface area contributed by atoms with Crippen molar-refractivity contribution in [3.63, 3.8) is 0 Å². The monoisotopic (exact) mass is 274 g/mol. The molecule has 3 rings (SSSR count). The van der Waals surface area contributed by atoms with E-state index < -0.39 is 18.4 Å². The average molecular weight is 274 g/mol. The standard InChI is InChI=1S/C15H12F2N2O/c1-10-5-6-11-13(8-10)19(9-15(11,16)17)14(20)12-4-2-3-7-18-12/h2-8H,9H2,1H3. The lowest BCUT2D eigenvalue weighted by Crippen LogP contribution is -2.33. The maximum absolute atomic E-state index is 14.0. The van der Waals surface area contributed by atoms with Crippen LogP contribution in [0.3, 0.4) is 0 Å². The summed E-state index contributed by atoms with van der Waals surface area (Å²) < 4.78 is 28.0. The molecule has 0 saturated carbocycles. The first-order valence-corrected chi connectivity index (χ1v) is 6.21. The highest BCUT2D eigenvalue weighted by molar-refractivity contribution is 6.06. The predicted octanol–water partition coefficient (Wildman–Crippen LogP) is 3.14. The van der Waals surface area contributed by atoms with Crippen molar-refractivity contribution >= 4 is 11.6 Å². The van der Waals surface area contributed by atoms with Crippen molar-refractivity contribution < 1.29 is 13.6 Å². The SMILES string of the molecule is Cc1ccc2c(c1)N(C(=O)c1ccccn1)CC2(F)F. The van der Waals surface area contributed by atoms with Gasteiger partial charge in [0, 0.05) is 11.8 Å². The Morgan fingerprint density at radius 1 is 1.30 bits per heavy atom. The quantitative estimate of drug-likeness (QED) is 0.800. The van der Waals surface area contributed by atoms with E-state index in [1.54, 1.807) is 31.2 Å². The highest BCUT2D eigenvalue weighted by atomic mass is 19.3. The molecule has 0 unspecified atom stereocenters. The zero-order valence-corrected chi connectivity index (χ0v) is 10.8. The van der Waals surface area contributed by atoms with Crippen LogP contribution in [0.5, 0.6) is 0 Å². The van der Waals surface area contributed by atoms with Crippen LogP contribution in [0.25, 0.3) is 0 Å². The Labute approximate surface area is 114 Å². The molecule has 1 aliphatic rings. The minimum Gasteiger partial charge on any atom is -0.300 e. The zero-order valence-electron chi connectivity index (χ0n) is 10.8. The maximum Gasteiger partial charge on any atom is 0.292 e. The number of hydrogen-bond donors (Lipinski definition) is 0. The topological polar surface area (TPSA) is 33.2 Å². The van der Waals surface area contributed by atoms with Gasteiger partial charge in [0.15, 0.2) is 0 Å². The van der Waals surface area contributed by atoms with E-state index in [-0.39, 0.29) is 16.9 Å². The largest absolute Gasteiger partial charge is 0.300 e. The fourth-order valence-electron chi connectivity index (χ4n) is 2.35. The number of halogens is 2. The molecular formula is C15H12F2N2O. The van der Waals surface area contributed by atoms with Crippen LogP contribution in [-0.2, 0) is 5.92 Å². The van der Waals surface area contributed by atoms with Crippen LogP contribution in [0.1, 0.15) is 21.6 Å². The summed E-state index contributed by atoms with van der Waals surface area (Å²) in [5, 5.41) is 0. The van der Waals surface area contributed by atoms with Gasteiger partial charge in [-0.1, -0.05) is 18.2 Å². The lowest BCUT2D eigenvalue weighted by molar-refractivity contribution is 0.0138. The number of rotatable bonds is 1. The number of carbonyl (C=O) groups is 1. The van der Waals surface area contributed by atoms with Gasteiger partial charge in [0.1, 0.15) is 5.69 Å². The number of pyridine rings is 1. The minimum atomic E-state index is -3.02. The first-order chi connectivity index (χ1) is 9.49. The van der Waals surface area contributed by atoms with Crippen LogP contribution in [-0.4, -0.2) is 17.4 Å². The third kappa shape index (κ3) is 1.95. The van der Waals surface area contributed by atoms with Crippen LogP contribution < -0.4 is 4.90 Å². The fraction of sp³-hybridized carbons (Fsp3) is 0.200. The molecule has 1 amide bonds. The molecule has 0 saturated heterocycles. The number of anilines is 1. The summed E-state index contributed by atoms with van der Waals surface area (Å²) in [6.07, 6.45) is 1.47. The van der Waals surface area contributed by atoms with E-state index >= 15 is 0 Å². The molecule has 0 bridgehead atoms. The highest BCUT2D eigenvalue weighted by Crippen LogP contribution is 2.43. The molecule has 20 heavy (non-hydrogen) atoms. The molecule has 5 heteroatoms. The van der Waals surface area contributed by atoms with Gasteiger partial charge in [0.05, 0.1) is 12.2 Å². The van der Waals surface area contributed by atoms with Crippen molar-refractivity contribution in [2.24, 2.45) is 0 Å². The summed E-state index contributed by atoms with van der Waals surface area (Å²) in [7, 11) is 0. The third-order valence-electron chi connectivity index (χ3n) is 3.32. The Kier molecular flexibility index (Phi) is 2.78. The Hall–Kier alpha value is -2.30. The normalized spacial score (nSPS) is 16.1. The second-order valence-electron chi connectivity index (χ2n) is 4.83. The third-order valence-corrected chi connectivity index (χ3v) is 3.32. The molecule has 3 nitrogen and oxygen atoms in total. The van der Waals surface area contributed by atoms with E-state index in [4.69, 9.17) is 0 Å². The first kappa shape index (κ1) is 12.7. The van der Waals surface area contributed by atoms with Crippen molar-refractivity contribution in [1.29, 1.82) is 0 Å². The lowest BCUT2D eigenvalue weighted by Gasteiger charge is -2.16. The molecular weight excluding hydrogens is 262 g/mol. The Balaban J connectivity index is 2.06. The van der Waals surface area contributed by atoms with E-state index in [0.29, 0.717) is 0 Å². The molecule has 1 aromatic heterocycles. The van der Waals surface area contributed by atoms with Gasteiger partial charge in [-0.25, -0.2) is 0 Å². The molecule has 0 radical (unpaired) electrons. The van der Waals surface area contributed by atoms with Crippen LogP contribution in [0.15, 0.2) is 42.6 Å². The van der Waals surface area contributed by atoms with Gasteiger partial charge in [-0.2, -0.15) is 8.78 Å².